The Morgan fingerprint density at radius 3 is 2.65 bits per heavy atom. The van der Waals surface area contributed by atoms with Gasteiger partial charge in [0.25, 0.3) is 0 Å². The van der Waals surface area contributed by atoms with Crippen molar-refractivity contribution in [1.82, 2.24) is 15.1 Å². The van der Waals surface area contributed by atoms with E-state index in [0.29, 0.717) is 11.9 Å². The highest BCUT2D eigenvalue weighted by atomic mass is 16.2. The van der Waals surface area contributed by atoms with Crippen LogP contribution < -0.4 is 5.32 Å². The molecule has 0 radical (unpaired) electrons. The number of rotatable bonds is 10. The molecule has 0 aliphatic carbocycles. The molecule has 118 valence electrons. The van der Waals surface area contributed by atoms with E-state index in [0.717, 1.165) is 52.0 Å². The number of hydrogen-bond acceptors (Lipinski definition) is 3. The van der Waals surface area contributed by atoms with Crippen LogP contribution in [0.4, 0.5) is 0 Å². The molecule has 20 heavy (non-hydrogen) atoms. The van der Waals surface area contributed by atoms with Crippen molar-refractivity contribution in [1.29, 1.82) is 0 Å². The first-order valence-electron chi connectivity index (χ1n) is 8.40. The Kier molecular flexibility index (Phi) is 8.15. The maximum Gasteiger partial charge on any atom is 0.240 e. The molecule has 0 saturated carbocycles. The molecule has 1 fully saturated rings. The Balaban J connectivity index is 2.30. The highest BCUT2D eigenvalue weighted by Gasteiger charge is 2.33. The molecule has 1 saturated heterocycles. The maximum absolute atomic E-state index is 12.3. The molecule has 0 aromatic heterocycles. The fourth-order valence-corrected chi connectivity index (χ4v) is 2.95. The van der Waals surface area contributed by atoms with Crippen LogP contribution in [0.25, 0.3) is 0 Å². The topological polar surface area (TPSA) is 35.6 Å². The molecule has 1 aliphatic rings. The van der Waals surface area contributed by atoms with Crippen LogP contribution in [0.15, 0.2) is 0 Å². The van der Waals surface area contributed by atoms with Crippen LogP contribution in [0, 0.1) is 0 Å². The van der Waals surface area contributed by atoms with Crippen molar-refractivity contribution < 1.29 is 4.79 Å². The van der Waals surface area contributed by atoms with Crippen LogP contribution >= 0.6 is 0 Å². The molecule has 4 nitrogen and oxygen atoms in total. The summed E-state index contributed by atoms with van der Waals surface area (Å²) in [5.74, 6) is 0.314. The largest absolute Gasteiger partial charge is 0.339 e. The number of carbonyl (C=O) groups excluding carboxylic acids is 1. The number of likely N-dealkylation sites (tertiary alicyclic amines) is 1. The molecule has 0 aromatic carbocycles. The molecule has 1 rings (SSSR count). The fraction of sp³-hybridized carbons (Fsp3) is 0.938. The minimum Gasteiger partial charge on any atom is -0.339 e. The number of carbonyl (C=O) groups is 1. The molecular formula is C16H33N3O. The third-order valence-corrected chi connectivity index (χ3v) is 4.40. The van der Waals surface area contributed by atoms with Gasteiger partial charge in [-0.05, 0) is 58.8 Å². The molecule has 0 aromatic rings. The Hall–Kier alpha value is -0.610. The summed E-state index contributed by atoms with van der Waals surface area (Å²) in [6.07, 6.45) is 4.35. The monoisotopic (exact) mass is 283 g/mol. The van der Waals surface area contributed by atoms with Crippen LogP contribution in [0.2, 0.25) is 0 Å². The van der Waals surface area contributed by atoms with Crippen molar-refractivity contribution in [2.75, 3.05) is 32.7 Å². The molecule has 2 atom stereocenters. The Morgan fingerprint density at radius 1 is 1.35 bits per heavy atom. The van der Waals surface area contributed by atoms with Crippen molar-refractivity contribution in [2.45, 2.75) is 65.5 Å². The fourth-order valence-electron chi connectivity index (χ4n) is 2.95. The van der Waals surface area contributed by atoms with E-state index < -0.39 is 0 Å². The van der Waals surface area contributed by atoms with Crippen molar-refractivity contribution in [3.05, 3.63) is 0 Å². The number of nitrogens with one attached hydrogen (secondary N) is 1. The predicted molar refractivity (Wildman–Crippen MR) is 84.9 cm³/mol. The van der Waals surface area contributed by atoms with E-state index in [1.54, 1.807) is 0 Å². The molecular weight excluding hydrogens is 250 g/mol. The van der Waals surface area contributed by atoms with Crippen LogP contribution in [0.3, 0.4) is 0 Å². The Morgan fingerprint density at radius 2 is 2.05 bits per heavy atom. The van der Waals surface area contributed by atoms with Crippen LogP contribution in [-0.2, 0) is 4.79 Å². The van der Waals surface area contributed by atoms with Crippen LogP contribution in [-0.4, -0.2) is 60.5 Å². The normalized spacial score (nSPS) is 20.9. The minimum atomic E-state index is 0.0696. The second-order valence-electron chi connectivity index (χ2n) is 5.85. The number of nitrogens with zero attached hydrogens (tertiary/aromatic N) is 2. The highest BCUT2D eigenvalue weighted by molar-refractivity contribution is 5.84. The SMILES string of the molecule is CCCNC1CCN(C(C)CCCN(CC)CC)C1=O. The second-order valence-corrected chi connectivity index (χ2v) is 5.85. The third-order valence-electron chi connectivity index (χ3n) is 4.40. The van der Waals surface area contributed by atoms with Crippen LogP contribution in [0.1, 0.15) is 53.4 Å². The van der Waals surface area contributed by atoms with Gasteiger partial charge in [0.05, 0.1) is 6.04 Å². The van der Waals surface area contributed by atoms with Gasteiger partial charge in [-0.25, -0.2) is 0 Å². The van der Waals surface area contributed by atoms with Gasteiger partial charge in [-0.1, -0.05) is 20.8 Å². The van der Waals surface area contributed by atoms with E-state index in [9.17, 15) is 4.79 Å². The lowest BCUT2D eigenvalue weighted by atomic mass is 10.1. The zero-order chi connectivity index (χ0) is 15.0. The van der Waals surface area contributed by atoms with E-state index in [1.807, 2.05) is 0 Å². The molecule has 1 aliphatic heterocycles. The molecule has 1 amide bonds. The lowest BCUT2D eigenvalue weighted by Gasteiger charge is -2.26. The van der Waals surface area contributed by atoms with Gasteiger partial charge in [0.2, 0.25) is 5.91 Å². The lowest BCUT2D eigenvalue weighted by Crippen LogP contribution is -2.42. The van der Waals surface area contributed by atoms with Gasteiger partial charge < -0.3 is 15.1 Å². The summed E-state index contributed by atoms with van der Waals surface area (Å²) in [5.41, 5.74) is 0. The van der Waals surface area contributed by atoms with Crippen molar-refractivity contribution in [2.24, 2.45) is 0 Å². The van der Waals surface area contributed by atoms with Gasteiger partial charge in [0.15, 0.2) is 0 Å². The lowest BCUT2D eigenvalue weighted by molar-refractivity contribution is -0.131. The van der Waals surface area contributed by atoms with Crippen molar-refractivity contribution in [3.8, 4) is 0 Å². The quantitative estimate of drug-likeness (QED) is 0.667. The average molecular weight is 283 g/mol. The van der Waals surface area contributed by atoms with E-state index in [4.69, 9.17) is 0 Å². The predicted octanol–water partition coefficient (Wildman–Crippen LogP) is 2.10. The van der Waals surface area contributed by atoms with Gasteiger partial charge in [0, 0.05) is 12.6 Å². The first kappa shape index (κ1) is 17.4. The van der Waals surface area contributed by atoms with Crippen molar-refractivity contribution in [3.63, 3.8) is 0 Å². The summed E-state index contributed by atoms with van der Waals surface area (Å²) in [6.45, 7) is 14.0. The van der Waals surface area contributed by atoms with E-state index in [-0.39, 0.29) is 6.04 Å². The van der Waals surface area contributed by atoms with E-state index in [2.05, 4.69) is 42.8 Å². The van der Waals surface area contributed by atoms with Gasteiger partial charge in [-0.2, -0.15) is 0 Å². The highest BCUT2D eigenvalue weighted by Crippen LogP contribution is 2.17. The van der Waals surface area contributed by atoms with Gasteiger partial charge in [0.1, 0.15) is 0 Å². The third kappa shape index (κ3) is 5.06. The standard InChI is InChI=1S/C16H33N3O/c1-5-11-17-15-10-13-19(16(15)20)14(4)9-8-12-18(6-2)7-3/h14-15,17H,5-13H2,1-4H3. The Bertz CT molecular complexity index is 279. The van der Waals surface area contributed by atoms with E-state index in [1.165, 1.54) is 6.42 Å². The number of amides is 1. The van der Waals surface area contributed by atoms with Crippen LogP contribution in [0.5, 0.6) is 0 Å². The minimum absolute atomic E-state index is 0.0696. The zero-order valence-corrected chi connectivity index (χ0v) is 13.8. The second kappa shape index (κ2) is 9.35. The summed E-state index contributed by atoms with van der Waals surface area (Å²) >= 11 is 0. The molecule has 0 bridgehead atoms. The maximum atomic E-state index is 12.3. The first-order valence-corrected chi connectivity index (χ1v) is 8.40. The molecule has 2 unspecified atom stereocenters. The molecule has 1 N–H and O–H groups in total. The summed E-state index contributed by atoms with van der Waals surface area (Å²) in [6, 6.07) is 0.451. The zero-order valence-electron chi connectivity index (χ0n) is 13.8. The van der Waals surface area contributed by atoms with E-state index >= 15 is 0 Å². The van der Waals surface area contributed by atoms with Gasteiger partial charge >= 0.3 is 0 Å². The average Bonchev–Trinajstić information content (AvgIpc) is 2.82. The Labute approximate surface area is 124 Å². The van der Waals surface area contributed by atoms with Gasteiger partial charge in [-0.3, -0.25) is 4.79 Å². The van der Waals surface area contributed by atoms with Gasteiger partial charge in [-0.15, -0.1) is 0 Å². The summed E-state index contributed by atoms with van der Waals surface area (Å²) < 4.78 is 0. The number of hydrogen-bond donors (Lipinski definition) is 1. The summed E-state index contributed by atoms with van der Waals surface area (Å²) in [4.78, 5) is 16.8. The first-order chi connectivity index (χ1) is 9.63. The summed E-state index contributed by atoms with van der Waals surface area (Å²) in [5, 5.41) is 3.36. The molecule has 4 heteroatoms. The smallest absolute Gasteiger partial charge is 0.240 e. The van der Waals surface area contributed by atoms with Crippen molar-refractivity contribution >= 4 is 5.91 Å². The molecule has 1 heterocycles. The molecule has 0 spiro atoms. The summed E-state index contributed by atoms with van der Waals surface area (Å²) in [7, 11) is 0.